The van der Waals surface area contributed by atoms with Crippen molar-refractivity contribution in [1.82, 2.24) is 5.32 Å². The standard InChI is InChI=1S/C12H11BrClNS/c1-15-11(12-10(14)6-7-16-12)8-2-4-9(13)5-3-8/h2-7,11,15H,1H3. The molecule has 16 heavy (non-hydrogen) atoms. The summed E-state index contributed by atoms with van der Waals surface area (Å²) < 4.78 is 1.09. The Bertz CT molecular complexity index is 466. The van der Waals surface area contributed by atoms with Crippen LogP contribution < -0.4 is 5.32 Å². The minimum atomic E-state index is 0.167. The molecule has 1 aromatic heterocycles. The number of hydrogen-bond donors (Lipinski definition) is 1. The van der Waals surface area contributed by atoms with Crippen molar-refractivity contribution in [1.29, 1.82) is 0 Å². The average Bonchev–Trinajstić information content (AvgIpc) is 2.69. The number of benzene rings is 1. The minimum absolute atomic E-state index is 0.167. The Labute approximate surface area is 113 Å². The van der Waals surface area contributed by atoms with Gasteiger partial charge in [-0.3, -0.25) is 0 Å². The first-order chi connectivity index (χ1) is 7.72. The van der Waals surface area contributed by atoms with Crippen LogP contribution in [0.1, 0.15) is 16.5 Å². The number of rotatable bonds is 3. The molecule has 2 rings (SSSR count). The van der Waals surface area contributed by atoms with Gasteiger partial charge in [0.1, 0.15) is 0 Å². The van der Waals surface area contributed by atoms with Crippen LogP contribution in [-0.4, -0.2) is 7.05 Å². The quantitative estimate of drug-likeness (QED) is 0.881. The first-order valence-corrected chi connectivity index (χ1v) is 6.93. The monoisotopic (exact) mass is 315 g/mol. The van der Waals surface area contributed by atoms with Gasteiger partial charge in [-0.1, -0.05) is 39.7 Å². The second-order valence-corrected chi connectivity index (χ2v) is 5.68. The van der Waals surface area contributed by atoms with Crippen molar-refractivity contribution < 1.29 is 0 Å². The third kappa shape index (κ3) is 2.48. The van der Waals surface area contributed by atoms with Crippen LogP contribution in [0.2, 0.25) is 5.02 Å². The van der Waals surface area contributed by atoms with Gasteiger partial charge in [0.25, 0.3) is 0 Å². The maximum absolute atomic E-state index is 6.16. The van der Waals surface area contributed by atoms with E-state index in [4.69, 9.17) is 11.6 Å². The average molecular weight is 317 g/mol. The Hall–Kier alpha value is -0.350. The fourth-order valence-electron chi connectivity index (χ4n) is 1.62. The molecule has 84 valence electrons. The van der Waals surface area contributed by atoms with Crippen LogP contribution in [-0.2, 0) is 0 Å². The summed E-state index contributed by atoms with van der Waals surface area (Å²) in [6.45, 7) is 0. The van der Waals surface area contributed by atoms with Crippen molar-refractivity contribution in [2.75, 3.05) is 7.05 Å². The van der Waals surface area contributed by atoms with Gasteiger partial charge in [0.05, 0.1) is 11.1 Å². The molecule has 1 heterocycles. The lowest BCUT2D eigenvalue weighted by Crippen LogP contribution is -2.16. The van der Waals surface area contributed by atoms with Gasteiger partial charge in [0.15, 0.2) is 0 Å². The number of hydrogen-bond acceptors (Lipinski definition) is 2. The van der Waals surface area contributed by atoms with Crippen molar-refractivity contribution in [2.24, 2.45) is 0 Å². The minimum Gasteiger partial charge on any atom is -0.309 e. The Morgan fingerprint density at radius 1 is 1.25 bits per heavy atom. The largest absolute Gasteiger partial charge is 0.309 e. The molecule has 1 unspecified atom stereocenters. The fraction of sp³-hybridized carbons (Fsp3) is 0.167. The zero-order valence-corrected chi connectivity index (χ0v) is 11.9. The van der Waals surface area contributed by atoms with Gasteiger partial charge in [0, 0.05) is 9.35 Å². The second kappa shape index (κ2) is 5.32. The molecule has 0 aliphatic heterocycles. The van der Waals surface area contributed by atoms with E-state index >= 15 is 0 Å². The number of nitrogens with one attached hydrogen (secondary N) is 1. The van der Waals surface area contributed by atoms with E-state index < -0.39 is 0 Å². The molecule has 0 bridgehead atoms. The zero-order valence-electron chi connectivity index (χ0n) is 8.71. The van der Waals surface area contributed by atoms with E-state index in [9.17, 15) is 0 Å². The van der Waals surface area contributed by atoms with Gasteiger partial charge < -0.3 is 5.32 Å². The van der Waals surface area contributed by atoms with E-state index in [1.807, 2.05) is 30.6 Å². The zero-order chi connectivity index (χ0) is 11.5. The second-order valence-electron chi connectivity index (χ2n) is 3.41. The van der Waals surface area contributed by atoms with Crippen LogP contribution >= 0.6 is 38.9 Å². The first-order valence-electron chi connectivity index (χ1n) is 4.88. The molecule has 0 aliphatic rings. The molecular weight excluding hydrogens is 306 g/mol. The van der Waals surface area contributed by atoms with Gasteiger partial charge >= 0.3 is 0 Å². The predicted octanol–water partition coefficient (Wildman–Crippen LogP) is 4.47. The van der Waals surface area contributed by atoms with Crippen LogP contribution in [0.3, 0.4) is 0 Å². The van der Waals surface area contributed by atoms with Crippen LogP contribution in [0.4, 0.5) is 0 Å². The van der Waals surface area contributed by atoms with E-state index in [2.05, 4.69) is 33.4 Å². The molecule has 1 atom stereocenters. The molecule has 0 saturated heterocycles. The maximum atomic E-state index is 6.16. The summed E-state index contributed by atoms with van der Waals surface area (Å²) in [4.78, 5) is 1.16. The molecule has 0 spiro atoms. The Balaban J connectivity index is 2.37. The highest BCUT2D eigenvalue weighted by molar-refractivity contribution is 9.10. The fourth-order valence-corrected chi connectivity index (χ4v) is 3.18. The summed E-state index contributed by atoms with van der Waals surface area (Å²) in [7, 11) is 1.95. The Morgan fingerprint density at radius 2 is 1.94 bits per heavy atom. The van der Waals surface area contributed by atoms with Crippen LogP contribution in [0.15, 0.2) is 40.2 Å². The van der Waals surface area contributed by atoms with Crippen LogP contribution in [0, 0.1) is 0 Å². The summed E-state index contributed by atoms with van der Waals surface area (Å²) in [5.41, 5.74) is 1.22. The van der Waals surface area contributed by atoms with Crippen molar-refractivity contribution in [3.8, 4) is 0 Å². The van der Waals surface area contributed by atoms with Crippen molar-refractivity contribution in [2.45, 2.75) is 6.04 Å². The molecule has 0 amide bonds. The van der Waals surface area contributed by atoms with Gasteiger partial charge in [-0.2, -0.15) is 0 Å². The SMILES string of the molecule is CNC(c1ccc(Br)cc1)c1sccc1Cl. The van der Waals surface area contributed by atoms with Gasteiger partial charge in [-0.05, 0) is 36.2 Å². The summed E-state index contributed by atoms with van der Waals surface area (Å²) in [6, 6.07) is 10.4. The molecule has 1 aromatic carbocycles. The molecular formula is C12H11BrClNS. The lowest BCUT2D eigenvalue weighted by molar-refractivity contribution is 0.704. The van der Waals surface area contributed by atoms with E-state index in [-0.39, 0.29) is 6.04 Å². The highest BCUT2D eigenvalue weighted by atomic mass is 79.9. The Morgan fingerprint density at radius 3 is 2.44 bits per heavy atom. The molecule has 1 nitrogen and oxygen atoms in total. The summed E-state index contributed by atoms with van der Waals surface area (Å²) >= 11 is 11.3. The smallest absolute Gasteiger partial charge is 0.0683 e. The highest BCUT2D eigenvalue weighted by Crippen LogP contribution is 2.32. The van der Waals surface area contributed by atoms with Crippen molar-refractivity contribution >= 4 is 38.9 Å². The number of halogens is 2. The van der Waals surface area contributed by atoms with E-state index in [1.165, 1.54) is 5.56 Å². The normalized spacial score (nSPS) is 12.7. The van der Waals surface area contributed by atoms with Gasteiger partial charge in [-0.25, -0.2) is 0 Å². The lowest BCUT2D eigenvalue weighted by atomic mass is 10.1. The van der Waals surface area contributed by atoms with Gasteiger partial charge in [0.2, 0.25) is 0 Å². The van der Waals surface area contributed by atoms with Crippen molar-refractivity contribution in [3.05, 3.63) is 55.6 Å². The van der Waals surface area contributed by atoms with Crippen molar-refractivity contribution in [3.63, 3.8) is 0 Å². The van der Waals surface area contributed by atoms with Crippen LogP contribution in [0.5, 0.6) is 0 Å². The lowest BCUT2D eigenvalue weighted by Gasteiger charge is -2.15. The number of thiophene rings is 1. The Kier molecular flexibility index (Phi) is 4.03. The first kappa shape index (κ1) is 12.1. The van der Waals surface area contributed by atoms with E-state index in [1.54, 1.807) is 11.3 Å². The molecule has 2 aromatic rings. The molecule has 0 saturated carbocycles. The van der Waals surface area contributed by atoms with E-state index in [0.29, 0.717) is 0 Å². The summed E-state index contributed by atoms with van der Waals surface area (Å²) in [5, 5.41) is 6.13. The molecule has 0 radical (unpaired) electrons. The summed E-state index contributed by atoms with van der Waals surface area (Å²) in [5.74, 6) is 0. The maximum Gasteiger partial charge on any atom is 0.0683 e. The third-order valence-corrected chi connectivity index (χ3v) is 4.35. The molecule has 4 heteroatoms. The topological polar surface area (TPSA) is 12.0 Å². The van der Waals surface area contributed by atoms with Crippen LogP contribution in [0.25, 0.3) is 0 Å². The van der Waals surface area contributed by atoms with E-state index in [0.717, 1.165) is 14.4 Å². The molecule has 0 aliphatic carbocycles. The molecule has 0 fully saturated rings. The molecule has 1 N–H and O–H groups in total. The highest BCUT2D eigenvalue weighted by Gasteiger charge is 2.16. The third-order valence-electron chi connectivity index (χ3n) is 2.40. The predicted molar refractivity (Wildman–Crippen MR) is 74.4 cm³/mol. The summed E-state index contributed by atoms with van der Waals surface area (Å²) in [6.07, 6.45) is 0. The van der Waals surface area contributed by atoms with Gasteiger partial charge in [-0.15, -0.1) is 11.3 Å².